The molecule has 0 aliphatic carbocycles. The lowest BCUT2D eigenvalue weighted by Gasteiger charge is -2.34. The predicted molar refractivity (Wildman–Crippen MR) is 117 cm³/mol. The van der Waals surface area contributed by atoms with Gasteiger partial charge in [0.2, 0.25) is 0 Å². The van der Waals surface area contributed by atoms with Crippen molar-refractivity contribution >= 4 is 5.69 Å². The minimum Gasteiger partial charge on any atom is -0.345 e. The molecule has 1 N–H and O–H groups in total. The van der Waals surface area contributed by atoms with E-state index in [2.05, 4.69) is 64.4 Å². The molecule has 2 aliphatic heterocycles. The van der Waals surface area contributed by atoms with Crippen LogP contribution in [-0.2, 0) is 13.0 Å². The summed E-state index contributed by atoms with van der Waals surface area (Å²) in [6, 6.07) is 8.92. The van der Waals surface area contributed by atoms with Gasteiger partial charge in [0.1, 0.15) is 5.82 Å². The van der Waals surface area contributed by atoms with Crippen LogP contribution in [0.3, 0.4) is 0 Å². The van der Waals surface area contributed by atoms with E-state index in [1.165, 1.54) is 35.7 Å². The Labute approximate surface area is 173 Å². The molecular weight excluding hydrogens is 363 g/mol. The molecule has 0 bridgehead atoms. The molecule has 0 spiro atoms. The maximum Gasteiger partial charge on any atom is 0.143 e. The SMILES string of the molecule is Cc1ccc(CNC2CCN(CCN3C=CCc4ncc(F)cc43)CC2)cc1C. The molecule has 4 nitrogen and oxygen atoms in total. The van der Waals surface area contributed by atoms with Crippen molar-refractivity contribution in [3.8, 4) is 0 Å². The van der Waals surface area contributed by atoms with E-state index in [9.17, 15) is 4.39 Å². The number of hydrogen-bond donors (Lipinski definition) is 1. The first-order valence-electron chi connectivity index (χ1n) is 10.7. The molecular formula is C24H31FN4. The summed E-state index contributed by atoms with van der Waals surface area (Å²) >= 11 is 0. The van der Waals surface area contributed by atoms with Crippen molar-refractivity contribution in [2.24, 2.45) is 0 Å². The first-order valence-corrected chi connectivity index (χ1v) is 10.7. The number of aromatic nitrogens is 1. The van der Waals surface area contributed by atoms with Crippen LogP contribution in [0.4, 0.5) is 10.1 Å². The van der Waals surface area contributed by atoms with Gasteiger partial charge in [0.15, 0.2) is 0 Å². The zero-order valence-electron chi connectivity index (χ0n) is 17.5. The van der Waals surface area contributed by atoms with Gasteiger partial charge in [0.25, 0.3) is 0 Å². The van der Waals surface area contributed by atoms with Crippen molar-refractivity contribution in [1.29, 1.82) is 0 Å². The van der Waals surface area contributed by atoms with Gasteiger partial charge in [-0.05, 0) is 56.5 Å². The number of pyridine rings is 1. The van der Waals surface area contributed by atoms with E-state index in [4.69, 9.17) is 0 Å². The molecule has 0 saturated carbocycles. The third kappa shape index (κ3) is 5.03. The molecule has 154 valence electrons. The highest BCUT2D eigenvalue weighted by molar-refractivity contribution is 5.56. The van der Waals surface area contributed by atoms with Crippen LogP contribution in [0.25, 0.3) is 0 Å². The fourth-order valence-corrected chi connectivity index (χ4v) is 4.22. The number of fused-ring (bicyclic) bond motifs is 1. The Morgan fingerprint density at radius 3 is 2.72 bits per heavy atom. The molecule has 0 unspecified atom stereocenters. The summed E-state index contributed by atoms with van der Waals surface area (Å²) in [7, 11) is 0. The van der Waals surface area contributed by atoms with Gasteiger partial charge in [-0.2, -0.15) is 0 Å². The van der Waals surface area contributed by atoms with Crippen LogP contribution >= 0.6 is 0 Å². The van der Waals surface area contributed by atoms with Crippen LogP contribution in [0.2, 0.25) is 0 Å². The predicted octanol–water partition coefficient (Wildman–Crippen LogP) is 3.97. The van der Waals surface area contributed by atoms with Gasteiger partial charge in [-0.3, -0.25) is 4.98 Å². The average molecular weight is 395 g/mol. The molecule has 29 heavy (non-hydrogen) atoms. The molecule has 3 heterocycles. The minimum atomic E-state index is -0.264. The molecule has 0 radical (unpaired) electrons. The summed E-state index contributed by atoms with van der Waals surface area (Å²) in [6.45, 7) is 9.36. The highest BCUT2D eigenvalue weighted by atomic mass is 19.1. The summed E-state index contributed by atoms with van der Waals surface area (Å²) in [5, 5.41) is 3.73. The standard InChI is InChI=1S/C24H31FN4/c1-18-5-6-20(14-19(18)2)16-26-22-7-10-28(11-8-22)12-13-29-9-3-4-23-24(29)15-21(25)17-27-23/h3,5-6,9,14-15,17,22,26H,4,7-8,10-13,16H2,1-2H3. The van der Waals surface area contributed by atoms with Gasteiger partial charge in [0, 0.05) is 44.4 Å². The molecule has 5 heteroatoms. The molecule has 2 aromatic rings. The van der Waals surface area contributed by atoms with Crippen LogP contribution in [0.15, 0.2) is 42.7 Å². The molecule has 4 rings (SSSR count). The molecule has 0 amide bonds. The third-order valence-electron chi connectivity index (χ3n) is 6.23. The molecule has 2 aliphatic rings. The van der Waals surface area contributed by atoms with Crippen LogP contribution in [-0.4, -0.2) is 42.1 Å². The van der Waals surface area contributed by atoms with E-state index < -0.39 is 0 Å². The topological polar surface area (TPSA) is 31.4 Å². The van der Waals surface area contributed by atoms with Crippen molar-refractivity contribution in [3.63, 3.8) is 0 Å². The second-order valence-electron chi connectivity index (χ2n) is 8.32. The van der Waals surface area contributed by atoms with E-state index in [1.807, 2.05) is 0 Å². The summed E-state index contributed by atoms with van der Waals surface area (Å²) < 4.78 is 13.6. The van der Waals surface area contributed by atoms with Crippen molar-refractivity contribution in [2.45, 2.75) is 45.7 Å². The average Bonchev–Trinajstić information content (AvgIpc) is 2.74. The van der Waals surface area contributed by atoms with Crippen molar-refractivity contribution in [3.05, 3.63) is 70.9 Å². The van der Waals surface area contributed by atoms with Crippen LogP contribution in [0.1, 0.15) is 35.2 Å². The van der Waals surface area contributed by atoms with Crippen molar-refractivity contribution in [2.75, 3.05) is 31.1 Å². The maximum atomic E-state index is 13.6. The number of hydrogen-bond acceptors (Lipinski definition) is 4. The van der Waals surface area contributed by atoms with E-state index in [1.54, 1.807) is 6.07 Å². The Kier molecular flexibility index (Phi) is 6.26. The monoisotopic (exact) mass is 394 g/mol. The summed E-state index contributed by atoms with van der Waals surface area (Å²) in [4.78, 5) is 8.89. The quantitative estimate of drug-likeness (QED) is 0.803. The van der Waals surface area contributed by atoms with Gasteiger partial charge in [-0.25, -0.2) is 4.39 Å². The fourth-order valence-electron chi connectivity index (χ4n) is 4.22. The summed E-state index contributed by atoms with van der Waals surface area (Å²) in [5.74, 6) is -0.264. The summed E-state index contributed by atoms with van der Waals surface area (Å²) in [6.07, 6.45) is 8.62. The molecule has 1 saturated heterocycles. The Bertz CT molecular complexity index is 871. The van der Waals surface area contributed by atoms with Gasteiger partial charge < -0.3 is 15.1 Å². The van der Waals surface area contributed by atoms with E-state index >= 15 is 0 Å². The molecule has 1 aromatic heterocycles. The number of aryl methyl sites for hydroxylation is 2. The number of halogens is 1. The first-order chi connectivity index (χ1) is 14.1. The highest BCUT2D eigenvalue weighted by Crippen LogP contribution is 2.25. The number of nitrogens with zero attached hydrogens (tertiary/aromatic N) is 3. The van der Waals surface area contributed by atoms with Gasteiger partial charge in [-0.1, -0.05) is 24.3 Å². The van der Waals surface area contributed by atoms with Gasteiger partial charge in [-0.15, -0.1) is 0 Å². The zero-order chi connectivity index (χ0) is 20.2. The van der Waals surface area contributed by atoms with Crippen LogP contribution < -0.4 is 10.2 Å². The third-order valence-corrected chi connectivity index (χ3v) is 6.23. The van der Waals surface area contributed by atoms with Crippen molar-refractivity contribution < 1.29 is 4.39 Å². The zero-order valence-corrected chi connectivity index (χ0v) is 17.5. The second-order valence-corrected chi connectivity index (χ2v) is 8.32. The Morgan fingerprint density at radius 2 is 1.93 bits per heavy atom. The lowest BCUT2D eigenvalue weighted by atomic mass is 10.0. The fraction of sp³-hybridized carbons (Fsp3) is 0.458. The molecule has 1 aromatic carbocycles. The van der Waals surface area contributed by atoms with Gasteiger partial charge >= 0.3 is 0 Å². The Hall–Kier alpha value is -2.24. The Balaban J connectivity index is 1.22. The van der Waals surface area contributed by atoms with Crippen molar-refractivity contribution in [1.82, 2.24) is 15.2 Å². The van der Waals surface area contributed by atoms with E-state index in [-0.39, 0.29) is 5.82 Å². The number of benzene rings is 1. The number of anilines is 1. The smallest absolute Gasteiger partial charge is 0.143 e. The second kappa shape index (κ2) is 9.06. The number of likely N-dealkylation sites (tertiary alicyclic amines) is 1. The maximum absolute atomic E-state index is 13.6. The summed E-state index contributed by atoms with van der Waals surface area (Å²) in [5.41, 5.74) is 5.96. The molecule has 1 fully saturated rings. The van der Waals surface area contributed by atoms with E-state index in [0.29, 0.717) is 6.04 Å². The number of piperidine rings is 1. The lowest BCUT2D eigenvalue weighted by molar-refractivity contribution is 0.201. The molecule has 0 atom stereocenters. The van der Waals surface area contributed by atoms with Crippen LogP contribution in [0.5, 0.6) is 0 Å². The first kappa shape index (κ1) is 20.0. The van der Waals surface area contributed by atoms with Crippen LogP contribution in [0, 0.1) is 19.7 Å². The highest BCUT2D eigenvalue weighted by Gasteiger charge is 2.20. The lowest BCUT2D eigenvalue weighted by Crippen LogP contribution is -2.44. The number of nitrogens with one attached hydrogen (secondary N) is 1. The minimum absolute atomic E-state index is 0.264. The normalized spacial score (nSPS) is 17.6. The van der Waals surface area contributed by atoms with Gasteiger partial charge in [0.05, 0.1) is 17.6 Å². The van der Waals surface area contributed by atoms with E-state index in [0.717, 1.165) is 50.5 Å². The number of allylic oxidation sites excluding steroid dienone is 1. The Morgan fingerprint density at radius 1 is 1.10 bits per heavy atom. The number of rotatable bonds is 6. The largest absolute Gasteiger partial charge is 0.345 e.